The number of alkyl halides is 1. The molecule has 1 aliphatic carbocycles. The number of nitrogens with zero attached hydrogens (tertiary/aromatic N) is 8. The summed E-state index contributed by atoms with van der Waals surface area (Å²) < 4.78 is 82.3. The highest BCUT2D eigenvalue weighted by molar-refractivity contribution is 7.16. The molecule has 5 heterocycles. The summed E-state index contributed by atoms with van der Waals surface area (Å²) >= 11 is 1.39. The molecule has 8 rings (SSSR count). The van der Waals surface area contributed by atoms with E-state index < -0.39 is 57.5 Å². The Kier molecular flexibility index (Phi) is 10.2. The van der Waals surface area contributed by atoms with E-state index in [0.717, 1.165) is 38.6 Å². The van der Waals surface area contributed by atoms with Crippen molar-refractivity contribution >= 4 is 41.0 Å². The zero-order valence-electron chi connectivity index (χ0n) is 40.4. The van der Waals surface area contributed by atoms with Gasteiger partial charge in [0.1, 0.15) is 23.3 Å². The lowest BCUT2D eigenvalue weighted by Gasteiger charge is -2.48. The summed E-state index contributed by atoms with van der Waals surface area (Å²) in [4.78, 5) is 23.2. The minimum atomic E-state index is -3.12. The molecule has 0 radical (unpaired) electrons. The molecule has 0 bridgehead atoms. The van der Waals surface area contributed by atoms with Crippen LogP contribution in [-0.2, 0) is 21.0 Å². The molecule has 0 saturated carbocycles. The van der Waals surface area contributed by atoms with Gasteiger partial charge >= 0.3 is 6.01 Å². The topological polar surface area (TPSA) is 162 Å². The van der Waals surface area contributed by atoms with Crippen molar-refractivity contribution in [3.63, 3.8) is 0 Å². The number of nitriles is 1. The molecule has 5 atom stereocenters. The number of benzene rings is 2. The standard InChI is InChI=1S/C45H56FN9O4SSi/c1-8-54-26-30(46)24-34(54)29(2)57-42-51-38(39-49-40(58-53-39)45(7)21-15-20-35-36(45)33(25-47)37(48)60-35)50-41(52-42)55-22-23-56-28-44(6,27-55)59-61(43(3,4)5,31-16-11-9-12-17-31)32-18-13-10-14-19-32/h9-14,16-19,29-30,34H,8,15,20-24,26-28,48H2,1-7H3/t29-,30+,34-,44-,45-/m0/s1/i1D3,8D2. The Morgan fingerprint density at radius 2 is 1.82 bits per heavy atom. The van der Waals surface area contributed by atoms with Crippen LogP contribution in [0.15, 0.2) is 65.2 Å². The Morgan fingerprint density at radius 3 is 2.49 bits per heavy atom. The quantitative estimate of drug-likeness (QED) is 0.144. The summed E-state index contributed by atoms with van der Waals surface area (Å²) in [6.07, 6.45) is -0.456. The third kappa shape index (κ3) is 8.07. The predicted octanol–water partition coefficient (Wildman–Crippen LogP) is 6.45. The zero-order chi connectivity index (χ0) is 47.5. The number of ether oxygens (including phenoxy) is 2. The fourth-order valence-corrected chi connectivity index (χ4v) is 15.3. The van der Waals surface area contributed by atoms with Crippen molar-refractivity contribution in [2.24, 2.45) is 0 Å². The van der Waals surface area contributed by atoms with Crippen LogP contribution in [0.5, 0.6) is 6.01 Å². The lowest BCUT2D eigenvalue weighted by molar-refractivity contribution is -0.000402. The van der Waals surface area contributed by atoms with Gasteiger partial charge in [0.15, 0.2) is 0 Å². The molecule has 2 aliphatic heterocycles. The number of aromatic nitrogens is 5. The van der Waals surface area contributed by atoms with E-state index in [0.29, 0.717) is 30.1 Å². The fraction of sp³-hybridized carbons (Fsp3) is 0.511. The molecule has 13 nitrogen and oxygen atoms in total. The monoisotopic (exact) mass is 870 g/mol. The van der Waals surface area contributed by atoms with Gasteiger partial charge in [0.25, 0.3) is 8.32 Å². The maximum Gasteiger partial charge on any atom is 0.322 e. The second-order valence-electron chi connectivity index (χ2n) is 17.8. The Balaban J connectivity index is 1.20. The lowest BCUT2D eigenvalue weighted by Crippen LogP contribution is -2.70. The van der Waals surface area contributed by atoms with E-state index in [9.17, 15) is 5.26 Å². The van der Waals surface area contributed by atoms with Crippen LogP contribution in [0.2, 0.25) is 5.04 Å². The molecule has 2 fully saturated rings. The molecule has 2 saturated heterocycles. The van der Waals surface area contributed by atoms with Crippen LogP contribution in [0.1, 0.15) is 96.4 Å². The minimum absolute atomic E-state index is 0.00795. The summed E-state index contributed by atoms with van der Waals surface area (Å²) in [6.45, 7) is 7.06. The molecule has 322 valence electrons. The molecule has 61 heavy (non-hydrogen) atoms. The molecular formula is C45H56FN9O4SSi. The van der Waals surface area contributed by atoms with Crippen LogP contribution in [0.3, 0.4) is 0 Å². The van der Waals surface area contributed by atoms with Gasteiger partial charge in [-0.15, -0.1) is 11.3 Å². The third-order valence-corrected chi connectivity index (χ3v) is 18.5. The van der Waals surface area contributed by atoms with Crippen LogP contribution >= 0.6 is 11.3 Å². The number of nitrogens with two attached hydrogens (primary N) is 1. The Labute approximate surface area is 369 Å². The number of thiophene rings is 1. The van der Waals surface area contributed by atoms with Gasteiger partial charge in [-0.25, -0.2) is 4.39 Å². The van der Waals surface area contributed by atoms with Gasteiger partial charge in [-0.05, 0) is 68.4 Å². The van der Waals surface area contributed by atoms with Crippen molar-refractivity contribution in [1.82, 2.24) is 30.0 Å². The van der Waals surface area contributed by atoms with Gasteiger partial charge in [0.2, 0.25) is 23.5 Å². The zero-order valence-corrected chi connectivity index (χ0v) is 37.3. The fourth-order valence-electron chi connectivity index (χ4n) is 9.36. The number of likely N-dealkylation sites (tertiary alicyclic amines) is 1. The van der Waals surface area contributed by atoms with Crippen LogP contribution in [-0.4, -0.2) is 102 Å². The summed E-state index contributed by atoms with van der Waals surface area (Å²) in [7, 11) is -3.12. The Bertz CT molecular complexity index is 2540. The first-order valence-corrected chi connectivity index (χ1v) is 23.5. The summed E-state index contributed by atoms with van der Waals surface area (Å²) in [6, 6.07) is 21.8. The smallest absolute Gasteiger partial charge is 0.322 e. The molecule has 3 aromatic heterocycles. The number of nitrogen functional groups attached to an aromatic ring is 1. The second kappa shape index (κ2) is 16.8. The maximum absolute atomic E-state index is 15.1. The highest BCUT2D eigenvalue weighted by Gasteiger charge is 2.54. The average molecular weight is 871 g/mol. The van der Waals surface area contributed by atoms with Crippen LogP contribution in [0.25, 0.3) is 11.6 Å². The van der Waals surface area contributed by atoms with Crippen molar-refractivity contribution in [1.29, 1.82) is 5.26 Å². The van der Waals surface area contributed by atoms with Crippen molar-refractivity contribution < 1.29 is 29.7 Å². The molecule has 2 aromatic carbocycles. The van der Waals surface area contributed by atoms with Crippen molar-refractivity contribution in [2.45, 2.75) is 108 Å². The average Bonchev–Trinajstić information content (AvgIpc) is 3.98. The van der Waals surface area contributed by atoms with Crippen molar-refractivity contribution in [3.8, 4) is 23.7 Å². The maximum atomic E-state index is 15.1. The van der Waals surface area contributed by atoms with Gasteiger partial charge in [-0.2, -0.15) is 25.2 Å². The van der Waals surface area contributed by atoms with Gasteiger partial charge in [-0.3, -0.25) is 4.90 Å². The summed E-state index contributed by atoms with van der Waals surface area (Å²) in [5.41, 5.74) is 5.72. The van der Waals surface area contributed by atoms with E-state index in [1.54, 1.807) is 6.92 Å². The predicted molar refractivity (Wildman–Crippen MR) is 237 cm³/mol. The van der Waals surface area contributed by atoms with Gasteiger partial charge in [-0.1, -0.05) is 93.4 Å². The largest absolute Gasteiger partial charge is 0.459 e. The number of likely N-dealkylation sites (N-methyl/N-ethyl adjacent to an activating group) is 1. The van der Waals surface area contributed by atoms with Crippen LogP contribution in [0, 0.1) is 11.3 Å². The van der Waals surface area contributed by atoms with E-state index in [-0.39, 0.29) is 54.1 Å². The molecule has 16 heteroatoms. The second-order valence-corrected chi connectivity index (χ2v) is 23.1. The van der Waals surface area contributed by atoms with Crippen molar-refractivity contribution in [3.05, 3.63) is 82.6 Å². The number of aryl methyl sites for hydroxylation is 1. The Morgan fingerprint density at radius 1 is 1.10 bits per heavy atom. The molecule has 0 amide bonds. The Hall–Kier alpha value is -4.79. The number of anilines is 2. The number of fused-ring (bicyclic) bond motifs is 1. The molecule has 0 spiro atoms. The first kappa shape index (κ1) is 36.8. The first-order chi connectivity index (χ1) is 31.1. The molecule has 2 N–H and O–H groups in total. The van der Waals surface area contributed by atoms with E-state index in [2.05, 4.69) is 61.2 Å². The number of hydrogen-bond donors (Lipinski definition) is 1. The van der Waals surface area contributed by atoms with Gasteiger partial charge < -0.3 is 29.1 Å². The highest BCUT2D eigenvalue weighted by atomic mass is 32.1. The molecule has 5 aromatic rings. The number of hydrogen-bond acceptors (Lipinski definition) is 14. The van der Waals surface area contributed by atoms with Gasteiger partial charge in [0.05, 0.1) is 36.3 Å². The lowest BCUT2D eigenvalue weighted by atomic mass is 9.72. The van der Waals surface area contributed by atoms with Crippen LogP contribution < -0.4 is 25.7 Å². The molecule has 3 aliphatic rings. The van der Waals surface area contributed by atoms with E-state index in [1.165, 1.54) is 11.3 Å². The SMILES string of the molecule is [2H]C([2H])([2H])C([2H])([2H])N1C[C@H](F)C[C@H]1[C@H](C)Oc1nc(-c2noc([C@@]3(C)CCCc4sc(N)c(C#N)c43)n2)nc(N2CCOC[C@@](C)(O[Si](c3ccccc3)(c3ccccc3)C(C)(C)C)C2)n1. The summed E-state index contributed by atoms with van der Waals surface area (Å²) in [5.74, 6) is 0.432. The molecule has 0 unspecified atom stereocenters. The van der Waals surface area contributed by atoms with E-state index in [1.807, 2.05) is 55.1 Å². The van der Waals surface area contributed by atoms with Crippen LogP contribution in [0.4, 0.5) is 15.3 Å². The third-order valence-electron chi connectivity index (χ3n) is 12.3. The van der Waals surface area contributed by atoms with Gasteiger partial charge in [0, 0.05) is 36.4 Å². The molecular weight excluding hydrogens is 810 g/mol. The van der Waals surface area contributed by atoms with Crippen molar-refractivity contribution in [2.75, 3.05) is 50.0 Å². The number of halogens is 1. The van der Waals surface area contributed by atoms with E-state index in [4.69, 9.17) is 46.0 Å². The first-order valence-electron chi connectivity index (χ1n) is 23.2. The number of rotatable bonds is 11. The summed E-state index contributed by atoms with van der Waals surface area (Å²) in [5, 5.41) is 16.8. The highest BCUT2D eigenvalue weighted by Crippen LogP contribution is 2.49. The normalized spacial score (nSPS) is 25.9. The van der Waals surface area contributed by atoms with E-state index >= 15 is 4.39 Å². The minimum Gasteiger partial charge on any atom is -0.459 e.